The fourth-order valence-electron chi connectivity index (χ4n) is 1.57. The molecule has 0 aromatic carbocycles. The van der Waals surface area contributed by atoms with Crippen molar-refractivity contribution >= 4 is 15.8 Å². The number of nitrogens with one attached hydrogen (secondary N) is 2. The average Bonchev–Trinajstić information content (AvgIpc) is 2.38. The number of aromatic nitrogens is 1. The quantitative estimate of drug-likeness (QED) is 0.830. The first-order valence-corrected chi connectivity index (χ1v) is 7.53. The maximum atomic E-state index is 12.4. The van der Waals surface area contributed by atoms with Crippen LogP contribution in [0.2, 0.25) is 0 Å². The van der Waals surface area contributed by atoms with E-state index in [0.717, 1.165) is 12.8 Å². The van der Waals surface area contributed by atoms with Crippen molar-refractivity contribution < 1.29 is 8.42 Å². The van der Waals surface area contributed by atoms with E-state index < -0.39 is 15.6 Å². The van der Waals surface area contributed by atoms with E-state index >= 15 is 0 Å². The van der Waals surface area contributed by atoms with Gasteiger partial charge in [-0.1, -0.05) is 13.8 Å². The Bertz CT molecular complexity index is 496. The van der Waals surface area contributed by atoms with Crippen LogP contribution in [-0.2, 0) is 10.0 Å². The van der Waals surface area contributed by atoms with Crippen LogP contribution >= 0.6 is 0 Å². The predicted molar refractivity (Wildman–Crippen MR) is 73.1 cm³/mol. The fourth-order valence-corrected chi connectivity index (χ4v) is 3.28. The highest BCUT2D eigenvalue weighted by atomic mass is 32.2. The Kier molecular flexibility index (Phi) is 4.70. The van der Waals surface area contributed by atoms with Crippen LogP contribution in [0.5, 0.6) is 0 Å². The van der Waals surface area contributed by atoms with Crippen LogP contribution in [0, 0.1) is 0 Å². The highest BCUT2D eigenvalue weighted by Gasteiger charge is 2.29. The normalized spacial score (nSPS) is 12.4. The van der Waals surface area contributed by atoms with E-state index in [1.807, 2.05) is 20.8 Å². The van der Waals surface area contributed by atoms with Crippen LogP contribution < -0.4 is 10.0 Å². The Morgan fingerprint density at radius 3 is 2.44 bits per heavy atom. The molecular formula is C12H21N3O2S. The Morgan fingerprint density at radius 2 is 1.94 bits per heavy atom. The van der Waals surface area contributed by atoms with Crippen molar-refractivity contribution in [1.82, 2.24) is 9.71 Å². The van der Waals surface area contributed by atoms with Gasteiger partial charge in [0.1, 0.15) is 10.7 Å². The van der Waals surface area contributed by atoms with Crippen molar-refractivity contribution in [2.75, 3.05) is 12.4 Å². The number of hydrogen-bond acceptors (Lipinski definition) is 4. The van der Waals surface area contributed by atoms with Crippen LogP contribution in [0.25, 0.3) is 0 Å². The molecule has 0 aliphatic carbocycles. The molecular weight excluding hydrogens is 250 g/mol. The van der Waals surface area contributed by atoms with Gasteiger partial charge >= 0.3 is 0 Å². The third kappa shape index (κ3) is 3.20. The van der Waals surface area contributed by atoms with Gasteiger partial charge in [0.05, 0.1) is 0 Å². The molecule has 1 aromatic rings. The van der Waals surface area contributed by atoms with Crippen LogP contribution in [0.1, 0.15) is 33.6 Å². The van der Waals surface area contributed by atoms with E-state index in [0.29, 0.717) is 5.82 Å². The standard InChI is InChI=1S/C12H21N3O2S/c1-5-12(3,6-2)15-18(16,17)10-8-7-9-14-11(10)13-4/h7-9,15H,5-6H2,1-4H3,(H,13,14). The topological polar surface area (TPSA) is 71.1 Å². The molecule has 0 unspecified atom stereocenters. The van der Waals surface area contributed by atoms with Crippen LogP contribution in [0.3, 0.4) is 0 Å². The maximum absolute atomic E-state index is 12.4. The zero-order valence-electron chi connectivity index (χ0n) is 11.3. The third-order valence-electron chi connectivity index (χ3n) is 3.24. The lowest BCUT2D eigenvalue weighted by molar-refractivity contribution is 0.389. The Morgan fingerprint density at radius 1 is 1.33 bits per heavy atom. The molecule has 1 aromatic heterocycles. The van der Waals surface area contributed by atoms with Gasteiger partial charge < -0.3 is 5.32 Å². The highest BCUT2D eigenvalue weighted by Crippen LogP contribution is 2.22. The van der Waals surface area contributed by atoms with E-state index in [4.69, 9.17) is 0 Å². The molecule has 0 bridgehead atoms. The van der Waals surface area contributed by atoms with Crippen LogP contribution in [-0.4, -0.2) is 26.0 Å². The lowest BCUT2D eigenvalue weighted by Gasteiger charge is -2.28. The molecule has 0 saturated heterocycles. The maximum Gasteiger partial charge on any atom is 0.244 e. The first-order valence-electron chi connectivity index (χ1n) is 6.05. The van der Waals surface area contributed by atoms with Crippen molar-refractivity contribution in [2.45, 2.75) is 44.0 Å². The first kappa shape index (κ1) is 14.9. The number of anilines is 1. The first-order chi connectivity index (χ1) is 8.38. The van der Waals surface area contributed by atoms with Crippen molar-refractivity contribution in [3.63, 3.8) is 0 Å². The molecule has 0 radical (unpaired) electrons. The van der Waals surface area contributed by atoms with Crippen LogP contribution in [0.15, 0.2) is 23.2 Å². The summed E-state index contributed by atoms with van der Waals surface area (Å²) in [5, 5.41) is 2.79. The molecule has 0 fully saturated rings. The van der Waals surface area contributed by atoms with Gasteiger partial charge in [0, 0.05) is 18.8 Å². The molecule has 0 atom stereocenters. The van der Waals surface area contributed by atoms with Gasteiger partial charge in [-0.05, 0) is 31.9 Å². The van der Waals surface area contributed by atoms with Gasteiger partial charge in [-0.25, -0.2) is 18.1 Å². The van der Waals surface area contributed by atoms with Gasteiger partial charge in [0.25, 0.3) is 0 Å². The lowest BCUT2D eigenvalue weighted by atomic mass is 9.98. The number of hydrogen-bond donors (Lipinski definition) is 2. The summed E-state index contributed by atoms with van der Waals surface area (Å²) in [4.78, 5) is 4.20. The minimum Gasteiger partial charge on any atom is -0.372 e. The summed E-state index contributed by atoms with van der Waals surface area (Å²) < 4.78 is 27.5. The Labute approximate surface area is 109 Å². The number of sulfonamides is 1. The summed E-state index contributed by atoms with van der Waals surface area (Å²) >= 11 is 0. The van der Waals surface area contributed by atoms with E-state index in [9.17, 15) is 8.42 Å². The summed E-state index contributed by atoms with van der Waals surface area (Å²) in [7, 11) is -1.91. The monoisotopic (exact) mass is 271 g/mol. The molecule has 0 spiro atoms. The highest BCUT2D eigenvalue weighted by molar-refractivity contribution is 7.89. The second-order valence-electron chi connectivity index (χ2n) is 4.47. The number of rotatable bonds is 6. The molecule has 1 heterocycles. The summed E-state index contributed by atoms with van der Waals surface area (Å²) in [6.07, 6.45) is 3.03. The SMILES string of the molecule is CCC(C)(CC)NS(=O)(=O)c1cccnc1NC. The van der Waals surface area contributed by atoms with E-state index in [2.05, 4.69) is 15.0 Å². The molecule has 6 heteroatoms. The molecule has 0 aliphatic heterocycles. The van der Waals surface area contributed by atoms with Gasteiger partial charge in [-0.15, -0.1) is 0 Å². The molecule has 1 rings (SSSR count). The lowest BCUT2D eigenvalue weighted by Crippen LogP contribution is -2.45. The molecule has 2 N–H and O–H groups in total. The van der Waals surface area contributed by atoms with E-state index in [1.165, 1.54) is 0 Å². The summed E-state index contributed by atoms with van der Waals surface area (Å²) in [5.74, 6) is 0.361. The largest absolute Gasteiger partial charge is 0.372 e. The Hall–Kier alpha value is -1.14. The number of nitrogens with zero attached hydrogens (tertiary/aromatic N) is 1. The second-order valence-corrected chi connectivity index (χ2v) is 6.12. The van der Waals surface area contributed by atoms with Gasteiger partial charge in [0.15, 0.2) is 0 Å². The fraction of sp³-hybridized carbons (Fsp3) is 0.583. The Balaban J connectivity index is 3.14. The van der Waals surface area contributed by atoms with Gasteiger partial charge in [0.2, 0.25) is 10.0 Å². The number of pyridine rings is 1. The molecule has 0 saturated carbocycles. The zero-order chi connectivity index (χ0) is 13.8. The average molecular weight is 271 g/mol. The van der Waals surface area contributed by atoms with E-state index in [1.54, 1.807) is 25.4 Å². The third-order valence-corrected chi connectivity index (χ3v) is 4.91. The van der Waals surface area contributed by atoms with Gasteiger partial charge in [-0.3, -0.25) is 0 Å². The van der Waals surface area contributed by atoms with Crippen molar-refractivity contribution in [3.05, 3.63) is 18.3 Å². The zero-order valence-corrected chi connectivity index (χ0v) is 12.1. The molecule has 0 aliphatic rings. The molecule has 5 nitrogen and oxygen atoms in total. The van der Waals surface area contributed by atoms with Gasteiger partial charge in [-0.2, -0.15) is 0 Å². The molecule has 102 valence electrons. The molecule has 0 amide bonds. The minimum atomic E-state index is -3.56. The van der Waals surface area contributed by atoms with Crippen molar-refractivity contribution in [2.24, 2.45) is 0 Å². The molecule has 18 heavy (non-hydrogen) atoms. The van der Waals surface area contributed by atoms with Crippen LogP contribution in [0.4, 0.5) is 5.82 Å². The smallest absolute Gasteiger partial charge is 0.244 e. The summed E-state index contributed by atoms with van der Waals surface area (Å²) in [5.41, 5.74) is -0.431. The van der Waals surface area contributed by atoms with Crippen molar-refractivity contribution in [3.8, 4) is 0 Å². The predicted octanol–water partition coefficient (Wildman–Crippen LogP) is 1.98. The van der Waals surface area contributed by atoms with E-state index in [-0.39, 0.29) is 4.90 Å². The van der Waals surface area contributed by atoms with Crippen molar-refractivity contribution in [1.29, 1.82) is 0 Å². The summed E-state index contributed by atoms with van der Waals surface area (Å²) in [6.45, 7) is 5.84. The summed E-state index contributed by atoms with van der Waals surface area (Å²) in [6, 6.07) is 3.16. The minimum absolute atomic E-state index is 0.181. The second kappa shape index (κ2) is 5.67.